The van der Waals surface area contributed by atoms with E-state index in [1.165, 1.54) is 13.3 Å². The first kappa shape index (κ1) is 14.5. The number of anilines is 2. The van der Waals surface area contributed by atoms with Crippen molar-refractivity contribution in [3.8, 4) is 0 Å². The third-order valence-electron chi connectivity index (χ3n) is 3.19. The quantitative estimate of drug-likeness (QED) is 0.761. The van der Waals surface area contributed by atoms with E-state index < -0.39 is 5.97 Å². The number of nitrogens with zero attached hydrogens (tertiary/aromatic N) is 2. The number of rotatable bonds is 4. The molecule has 0 aliphatic carbocycles. The smallest absolute Gasteiger partial charge is 0.340 e. The SMILES string of the molecule is COC(=O)c1cc(NCC2CN(C)CCO2)ncc1N. The zero-order chi connectivity index (χ0) is 14.5. The molecule has 1 fully saturated rings. The van der Waals surface area contributed by atoms with Crippen molar-refractivity contribution in [1.29, 1.82) is 0 Å². The average molecular weight is 280 g/mol. The van der Waals surface area contributed by atoms with E-state index in [9.17, 15) is 4.79 Å². The van der Waals surface area contributed by atoms with Gasteiger partial charge in [-0.3, -0.25) is 0 Å². The summed E-state index contributed by atoms with van der Waals surface area (Å²) < 4.78 is 10.3. The molecule has 1 aromatic heterocycles. The standard InChI is InChI=1S/C13H20N4O3/c1-17-3-4-20-9(8-17)6-15-12-5-10(13(18)19-2)11(14)7-16-12/h5,7,9H,3-4,6,8,14H2,1-2H3,(H,15,16). The van der Waals surface area contributed by atoms with Crippen LogP contribution in [0.3, 0.4) is 0 Å². The Morgan fingerprint density at radius 3 is 3.20 bits per heavy atom. The Hall–Kier alpha value is -1.86. The van der Waals surface area contributed by atoms with E-state index in [0.717, 1.165) is 19.7 Å². The van der Waals surface area contributed by atoms with Crippen LogP contribution in [0.2, 0.25) is 0 Å². The van der Waals surface area contributed by atoms with Crippen LogP contribution in [0, 0.1) is 0 Å². The van der Waals surface area contributed by atoms with Crippen LogP contribution in [0.4, 0.5) is 11.5 Å². The highest BCUT2D eigenvalue weighted by Crippen LogP contribution is 2.16. The van der Waals surface area contributed by atoms with Gasteiger partial charge in [0.1, 0.15) is 5.82 Å². The fourth-order valence-corrected chi connectivity index (χ4v) is 2.06. The van der Waals surface area contributed by atoms with Crippen LogP contribution in [0.15, 0.2) is 12.3 Å². The van der Waals surface area contributed by atoms with Crippen molar-refractivity contribution >= 4 is 17.5 Å². The fourth-order valence-electron chi connectivity index (χ4n) is 2.06. The zero-order valence-electron chi connectivity index (χ0n) is 11.8. The fraction of sp³-hybridized carbons (Fsp3) is 0.538. The lowest BCUT2D eigenvalue weighted by molar-refractivity contribution is -0.0117. The molecule has 7 nitrogen and oxygen atoms in total. The molecule has 20 heavy (non-hydrogen) atoms. The van der Waals surface area contributed by atoms with Crippen molar-refractivity contribution < 1.29 is 14.3 Å². The molecule has 0 bridgehead atoms. The molecule has 1 unspecified atom stereocenters. The van der Waals surface area contributed by atoms with Crippen LogP contribution in [-0.4, -0.2) is 62.4 Å². The van der Waals surface area contributed by atoms with Gasteiger partial charge >= 0.3 is 5.97 Å². The topological polar surface area (TPSA) is 89.7 Å². The number of aromatic nitrogens is 1. The average Bonchev–Trinajstić information content (AvgIpc) is 2.45. The number of morpholine rings is 1. The molecule has 0 aromatic carbocycles. The molecule has 1 aliphatic rings. The number of nitrogen functional groups attached to an aromatic ring is 1. The highest BCUT2D eigenvalue weighted by atomic mass is 16.5. The Kier molecular flexibility index (Phi) is 4.75. The van der Waals surface area contributed by atoms with Crippen molar-refractivity contribution in [2.24, 2.45) is 0 Å². The molecule has 0 spiro atoms. The van der Waals surface area contributed by atoms with Crippen LogP contribution in [0.1, 0.15) is 10.4 Å². The van der Waals surface area contributed by atoms with Gasteiger partial charge in [-0.05, 0) is 13.1 Å². The molecular weight excluding hydrogens is 260 g/mol. The lowest BCUT2D eigenvalue weighted by Gasteiger charge is -2.30. The van der Waals surface area contributed by atoms with E-state index in [4.69, 9.17) is 10.5 Å². The van der Waals surface area contributed by atoms with Gasteiger partial charge in [-0.2, -0.15) is 0 Å². The molecule has 1 aliphatic heterocycles. The van der Waals surface area contributed by atoms with Gasteiger partial charge < -0.3 is 25.4 Å². The van der Waals surface area contributed by atoms with Gasteiger partial charge in [0, 0.05) is 19.6 Å². The minimum absolute atomic E-state index is 0.106. The van der Waals surface area contributed by atoms with Gasteiger partial charge in [0.15, 0.2) is 0 Å². The number of carbonyl (C=O) groups excluding carboxylic acids is 1. The first-order valence-electron chi connectivity index (χ1n) is 6.48. The van der Waals surface area contributed by atoms with Crippen molar-refractivity contribution in [2.45, 2.75) is 6.10 Å². The summed E-state index contributed by atoms with van der Waals surface area (Å²) in [5, 5.41) is 3.16. The summed E-state index contributed by atoms with van der Waals surface area (Å²) in [7, 11) is 3.38. The van der Waals surface area contributed by atoms with Crippen LogP contribution in [-0.2, 0) is 9.47 Å². The summed E-state index contributed by atoms with van der Waals surface area (Å²) in [6.07, 6.45) is 1.55. The first-order valence-corrected chi connectivity index (χ1v) is 6.48. The normalized spacial score (nSPS) is 19.6. The van der Waals surface area contributed by atoms with Crippen molar-refractivity contribution in [3.05, 3.63) is 17.8 Å². The molecular formula is C13H20N4O3. The van der Waals surface area contributed by atoms with Gasteiger partial charge in [-0.15, -0.1) is 0 Å². The second-order valence-electron chi connectivity index (χ2n) is 4.78. The van der Waals surface area contributed by atoms with E-state index in [-0.39, 0.29) is 6.10 Å². The number of nitrogens with two attached hydrogens (primary N) is 1. The van der Waals surface area contributed by atoms with Crippen LogP contribution in [0.25, 0.3) is 0 Å². The summed E-state index contributed by atoms with van der Waals surface area (Å²) >= 11 is 0. The van der Waals surface area contributed by atoms with E-state index in [1.807, 2.05) is 0 Å². The molecule has 3 N–H and O–H groups in total. The maximum Gasteiger partial charge on any atom is 0.340 e. The molecule has 1 saturated heterocycles. The van der Waals surface area contributed by atoms with Crippen LogP contribution >= 0.6 is 0 Å². The number of esters is 1. The predicted molar refractivity (Wildman–Crippen MR) is 75.7 cm³/mol. The molecule has 1 atom stereocenters. The highest BCUT2D eigenvalue weighted by molar-refractivity contribution is 5.95. The second-order valence-corrected chi connectivity index (χ2v) is 4.78. The van der Waals surface area contributed by atoms with Gasteiger partial charge in [0.2, 0.25) is 0 Å². The molecule has 2 heterocycles. The number of pyridine rings is 1. The highest BCUT2D eigenvalue weighted by Gasteiger charge is 2.18. The maximum absolute atomic E-state index is 11.5. The Balaban J connectivity index is 1.97. The zero-order valence-corrected chi connectivity index (χ0v) is 11.8. The number of methoxy groups -OCH3 is 1. The Bertz CT molecular complexity index is 481. The number of nitrogens with one attached hydrogen (secondary N) is 1. The van der Waals surface area contributed by atoms with E-state index in [0.29, 0.717) is 23.6 Å². The molecule has 0 saturated carbocycles. The summed E-state index contributed by atoms with van der Waals surface area (Å²) in [6, 6.07) is 1.59. The Morgan fingerprint density at radius 2 is 2.50 bits per heavy atom. The third kappa shape index (κ3) is 3.58. The predicted octanol–water partition coefficient (Wildman–Crippen LogP) is 0.193. The van der Waals surface area contributed by atoms with Gasteiger partial charge in [-0.25, -0.2) is 9.78 Å². The monoisotopic (exact) mass is 280 g/mol. The molecule has 7 heteroatoms. The van der Waals surface area contributed by atoms with Gasteiger partial charge in [-0.1, -0.05) is 0 Å². The lowest BCUT2D eigenvalue weighted by atomic mass is 10.2. The number of hydrogen-bond acceptors (Lipinski definition) is 7. The number of ether oxygens (including phenoxy) is 2. The van der Waals surface area contributed by atoms with E-state index in [1.54, 1.807) is 6.07 Å². The Morgan fingerprint density at radius 1 is 1.70 bits per heavy atom. The largest absolute Gasteiger partial charge is 0.465 e. The maximum atomic E-state index is 11.5. The van der Waals surface area contributed by atoms with Crippen molar-refractivity contribution in [1.82, 2.24) is 9.88 Å². The van der Waals surface area contributed by atoms with E-state index >= 15 is 0 Å². The summed E-state index contributed by atoms with van der Waals surface area (Å²) in [4.78, 5) is 17.9. The molecule has 0 radical (unpaired) electrons. The van der Waals surface area contributed by atoms with Crippen LogP contribution in [0.5, 0.6) is 0 Å². The number of carbonyl (C=O) groups is 1. The summed E-state index contributed by atoms with van der Waals surface area (Å²) in [5.74, 6) is 0.109. The molecule has 0 amide bonds. The summed E-state index contributed by atoms with van der Waals surface area (Å²) in [6.45, 7) is 3.17. The lowest BCUT2D eigenvalue weighted by Crippen LogP contribution is -2.43. The van der Waals surface area contributed by atoms with Crippen molar-refractivity contribution in [2.75, 3.05) is 51.4 Å². The Labute approximate surface area is 118 Å². The number of hydrogen-bond donors (Lipinski definition) is 2. The van der Waals surface area contributed by atoms with Crippen LogP contribution < -0.4 is 11.1 Å². The number of likely N-dealkylation sites (N-methyl/N-ethyl adjacent to an activating group) is 1. The molecule has 2 rings (SSSR count). The first-order chi connectivity index (χ1) is 9.60. The minimum atomic E-state index is -0.471. The van der Waals surface area contributed by atoms with Gasteiger partial charge in [0.05, 0.1) is 37.3 Å². The minimum Gasteiger partial charge on any atom is -0.465 e. The van der Waals surface area contributed by atoms with Crippen molar-refractivity contribution in [3.63, 3.8) is 0 Å². The van der Waals surface area contributed by atoms with E-state index in [2.05, 4.69) is 27.0 Å². The summed E-state index contributed by atoms with van der Waals surface area (Å²) in [5.41, 5.74) is 6.31. The third-order valence-corrected chi connectivity index (χ3v) is 3.19. The molecule has 1 aromatic rings. The van der Waals surface area contributed by atoms with Gasteiger partial charge in [0.25, 0.3) is 0 Å². The second kappa shape index (κ2) is 6.53. The molecule has 110 valence electrons.